The van der Waals surface area contributed by atoms with E-state index in [1.807, 2.05) is 25.1 Å². The molecule has 4 atom stereocenters. The van der Waals surface area contributed by atoms with Crippen LogP contribution in [-0.4, -0.2) is 74.2 Å². The lowest BCUT2D eigenvalue weighted by Crippen LogP contribution is -2.50. The number of nitrogens with one attached hydrogen (secondary N) is 4. The zero-order chi connectivity index (χ0) is 37.5. The maximum Gasteiger partial charge on any atom is 0.490 e. The van der Waals surface area contributed by atoms with E-state index in [0.29, 0.717) is 12.2 Å². The zero-order valence-electron chi connectivity index (χ0n) is 27.1. The number of carbonyl (C=O) groups excluding carboxylic acids is 2. The molecule has 0 aliphatic heterocycles. The van der Waals surface area contributed by atoms with Crippen molar-refractivity contribution in [3.8, 4) is 0 Å². The highest BCUT2D eigenvalue weighted by molar-refractivity contribution is 5.94. The molecule has 13 nitrogen and oxygen atoms in total. The lowest BCUT2D eigenvalue weighted by atomic mass is 9.52. The summed E-state index contributed by atoms with van der Waals surface area (Å²) in [5.41, 5.74) is 7.28. The van der Waals surface area contributed by atoms with E-state index < -0.39 is 24.3 Å². The van der Waals surface area contributed by atoms with Gasteiger partial charge >= 0.3 is 24.3 Å². The molecule has 4 rings (SSSR count). The van der Waals surface area contributed by atoms with Crippen molar-refractivity contribution in [2.24, 2.45) is 23.0 Å². The summed E-state index contributed by atoms with van der Waals surface area (Å²) in [4.78, 5) is 51.8. The number of carboxylic acid groups (broad SMARTS) is 2. The number of benzene rings is 1. The highest BCUT2D eigenvalue weighted by Crippen LogP contribution is 2.53. The number of carbonyl (C=O) groups is 4. The van der Waals surface area contributed by atoms with Gasteiger partial charge in [0, 0.05) is 29.8 Å². The molecule has 2 fully saturated rings. The number of hydrogen-bond donors (Lipinski definition) is 7. The first-order valence-electron chi connectivity index (χ1n) is 15.0. The van der Waals surface area contributed by atoms with E-state index in [-0.39, 0.29) is 52.9 Å². The van der Waals surface area contributed by atoms with Crippen molar-refractivity contribution >= 4 is 52.3 Å². The van der Waals surface area contributed by atoms with Crippen LogP contribution < -0.4 is 21.7 Å². The van der Waals surface area contributed by atoms with Crippen molar-refractivity contribution in [2.75, 3.05) is 10.6 Å². The molecule has 2 saturated carbocycles. The number of aliphatic carboxylic acids is 2. The van der Waals surface area contributed by atoms with Crippen LogP contribution in [-0.2, 0) is 19.2 Å². The van der Waals surface area contributed by atoms with Gasteiger partial charge in [0.2, 0.25) is 11.9 Å². The Kier molecular flexibility index (Phi) is 13.3. The van der Waals surface area contributed by atoms with E-state index in [2.05, 4.69) is 34.8 Å². The molecule has 1 aromatic carbocycles. The standard InChI is InChI=1S/C26H37N7O2.2C2HF3O2/c1-14-9-10-19-17(11-14)23(29-20-7-5-6-8-21(20)30-24(27)28)33-25(31-19)32-22(35)13-16-12-18(15(2)34)26(16,3)4;2*3-2(4,5)1(6)7/h9-11,16,18,20-21H,5-8,12-13H2,1-4H3,(H4,27,28,30)(H2,29,31,32,33,35);2*(H,6,7). The average Bonchev–Trinajstić information content (AvgIpc) is 2.95. The first-order valence-corrected chi connectivity index (χ1v) is 15.0. The lowest BCUT2D eigenvalue weighted by molar-refractivity contribution is -0.193. The second kappa shape index (κ2) is 16.1. The second-order valence-electron chi connectivity index (χ2n) is 12.4. The van der Waals surface area contributed by atoms with Crippen LogP contribution in [0.3, 0.4) is 0 Å². The highest BCUT2D eigenvalue weighted by Gasteiger charge is 2.50. The van der Waals surface area contributed by atoms with Crippen LogP contribution in [0.2, 0.25) is 0 Å². The molecular formula is C30H39F6N7O6. The molecule has 272 valence electrons. The molecule has 4 unspecified atom stereocenters. The number of nitrogens with two attached hydrogens (primary N) is 1. The van der Waals surface area contributed by atoms with Crippen LogP contribution in [0, 0.1) is 29.6 Å². The van der Waals surface area contributed by atoms with Crippen molar-refractivity contribution in [3.63, 3.8) is 0 Å². The fourth-order valence-electron chi connectivity index (χ4n) is 5.71. The number of rotatable bonds is 7. The number of hydrogen-bond acceptors (Lipinski definition) is 8. The molecule has 0 spiro atoms. The number of Topliss-reactive ketones (excluding diaryl/α,β-unsaturated/α-hetero) is 1. The molecule has 1 heterocycles. The van der Waals surface area contributed by atoms with Crippen LogP contribution in [0.4, 0.5) is 38.1 Å². The van der Waals surface area contributed by atoms with Gasteiger partial charge < -0.3 is 26.6 Å². The smallest absolute Gasteiger partial charge is 0.475 e. The molecule has 2 aliphatic carbocycles. The predicted octanol–water partition coefficient (Wildman–Crippen LogP) is 4.99. The summed E-state index contributed by atoms with van der Waals surface area (Å²) < 4.78 is 63.5. The topological polar surface area (TPSA) is 220 Å². The Balaban J connectivity index is 0.000000500. The van der Waals surface area contributed by atoms with E-state index in [4.69, 9.17) is 35.9 Å². The summed E-state index contributed by atoms with van der Waals surface area (Å²) in [5.74, 6) is -4.41. The number of anilines is 2. The monoisotopic (exact) mass is 707 g/mol. The van der Waals surface area contributed by atoms with Gasteiger partial charge in [0.05, 0.1) is 5.52 Å². The molecule has 49 heavy (non-hydrogen) atoms. The van der Waals surface area contributed by atoms with Crippen molar-refractivity contribution < 1.29 is 55.7 Å². The average molecular weight is 708 g/mol. The normalized spacial score (nSPS) is 21.3. The second-order valence-corrected chi connectivity index (χ2v) is 12.4. The Morgan fingerprint density at radius 1 is 0.980 bits per heavy atom. The minimum absolute atomic E-state index is 0.0170. The van der Waals surface area contributed by atoms with Gasteiger partial charge in [0.15, 0.2) is 5.96 Å². The maximum absolute atomic E-state index is 12.9. The fraction of sp³-hybridized carbons (Fsp3) is 0.567. The summed E-state index contributed by atoms with van der Waals surface area (Å²) in [7, 11) is 0. The molecule has 0 radical (unpaired) electrons. The van der Waals surface area contributed by atoms with Crippen LogP contribution in [0.15, 0.2) is 18.2 Å². The molecule has 19 heteroatoms. The quantitative estimate of drug-likeness (QED) is 0.115. The minimum Gasteiger partial charge on any atom is -0.475 e. The number of ketones is 1. The Bertz CT molecular complexity index is 1530. The van der Waals surface area contributed by atoms with Gasteiger partial charge in [-0.2, -0.15) is 31.3 Å². The number of halogens is 6. The van der Waals surface area contributed by atoms with E-state index >= 15 is 0 Å². The Labute approximate surface area is 276 Å². The van der Waals surface area contributed by atoms with Gasteiger partial charge in [-0.15, -0.1) is 0 Å². The number of guanidine groups is 1. The molecular weight excluding hydrogens is 668 g/mol. The number of aromatic nitrogens is 2. The van der Waals surface area contributed by atoms with Crippen molar-refractivity contribution in [1.82, 2.24) is 15.3 Å². The molecule has 2 aromatic rings. The number of carboxylic acids is 2. The van der Waals surface area contributed by atoms with Gasteiger partial charge in [-0.25, -0.2) is 14.6 Å². The van der Waals surface area contributed by atoms with Crippen LogP contribution in [0.5, 0.6) is 0 Å². The third-order valence-electron chi connectivity index (χ3n) is 8.41. The summed E-state index contributed by atoms with van der Waals surface area (Å²) in [6.45, 7) is 7.78. The number of aryl methyl sites for hydroxylation is 1. The highest BCUT2D eigenvalue weighted by atomic mass is 19.4. The zero-order valence-corrected chi connectivity index (χ0v) is 27.1. The molecule has 0 saturated heterocycles. The number of amides is 1. The van der Waals surface area contributed by atoms with Gasteiger partial charge in [0.25, 0.3) is 0 Å². The molecule has 0 bridgehead atoms. The summed E-state index contributed by atoms with van der Waals surface area (Å²) in [6.07, 6.45) is -5.08. The molecule has 2 aliphatic rings. The van der Waals surface area contributed by atoms with E-state index in [0.717, 1.165) is 48.6 Å². The van der Waals surface area contributed by atoms with Gasteiger partial charge in [-0.05, 0) is 56.6 Å². The largest absolute Gasteiger partial charge is 0.490 e. The van der Waals surface area contributed by atoms with Crippen molar-refractivity contribution in [3.05, 3.63) is 23.8 Å². The van der Waals surface area contributed by atoms with Crippen LogP contribution >= 0.6 is 0 Å². The van der Waals surface area contributed by atoms with E-state index in [9.17, 15) is 35.9 Å². The Hall–Kier alpha value is -4.71. The Morgan fingerprint density at radius 2 is 1.51 bits per heavy atom. The number of alkyl halides is 6. The number of nitrogens with zero attached hydrogens (tertiary/aromatic N) is 2. The predicted molar refractivity (Wildman–Crippen MR) is 166 cm³/mol. The van der Waals surface area contributed by atoms with E-state index in [1.54, 1.807) is 6.92 Å². The number of fused-ring (bicyclic) bond motifs is 1. The maximum atomic E-state index is 12.9. The van der Waals surface area contributed by atoms with E-state index in [1.165, 1.54) is 0 Å². The van der Waals surface area contributed by atoms with Crippen molar-refractivity contribution in [2.45, 2.75) is 90.7 Å². The van der Waals surface area contributed by atoms with Crippen LogP contribution in [0.25, 0.3) is 10.9 Å². The van der Waals surface area contributed by atoms with Gasteiger partial charge in [0.1, 0.15) is 11.6 Å². The van der Waals surface area contributed by atoms with Gasteiger partial charge in [-0.3, -0.25) is 20.3 Å². The van der Waals surface area contributed by atoms with Crippen molar-refractivity contribution in [1.29, 1.82) is 5.41 Å². The molecule has 1 amide bonds. The minimum atomic E-state index is -5.08. The van der Waals surface area contributed by atoms with Crippen LogP contribution in [0.1, 0.15) is 64.9 Å². The summed E-state index contributed by atoms with van der Waals surface area (Å²) >= 11 is 0. The first-order chi connectivity index (χ1) is 22.4. The Morgan fingerprint density at radius 3 is 1.98 bits per heavy atom. The third kappa shape index (κ3) is 11.7. The summed E-state index contributed by atoms with van der Waals surface area (Å²) in [6, 6.07) is 6.05. The summed E-state index contributed by atoms with van der Waals surface area (Å²) in [5, 5.41) is 32.3. The fourth-order valence-corrected chi connectivity index (χ4v) is 5.71. The molecule has 1 aromatic heterocycles. The van der Waals surface area contributed by atoms with Gasteiger partial charge in [-0.1, -0.05) is 38.3 Å². The lowest BCUT2D eigenvalue weighted by Gasteiger charge is -2.51. The molecule has 8 N–H and O–H groups in total. The third-order valence-corrected chi connectivity index (χ3v) is 8.41. The first kappa shape index (κ1) is 40.5. The SMILES string of the molecule is CC(=O)C1CC(CC(=O)Nc2nc(NC3CCCCC3NC(=N)N)c3cc(C)ccc3n2)C1(C)C.O=C(O)C(F)(F)F.O=C(O)C(F)(F)F.